The molecule has 0 radical (unpaired) electrons. The molecule has 1 saturated heterocycles. The minimum absolute atomic E-state index is 0.0536. The maximum atomic E-state index is 12.6. The summed E-state index contributed by atoms with van der Waals surface area (Å²) in [7, 11) is 3.12. The van der Waals surface area contributed by atoms with Crippen LogP contribution in [0.2, 0.25) is 0 Å². The molecule has 2 amide bonds. The first-order valence-corrected chi connectivity index (χ1v) is 9.04. The number of carbonyl (C=O) groups is 1. The molecule has 3 rings (SSSR count). The largest absolute Gasteiger partial charge is 0.497 e. The molecule has 0 spiro atoms. The number of likely N-dealkylation sites (tertiary alicyclic amines) is 1. The second-order valence-corrected chi connectivity index (χ2v) is 6.56. The number of aryl methyl sites for hydroxylation is 1. The highest BCUT2D eigenvalue weighted by molar-refractivity contribution is 5.89. The third kappa shape index (κ3) is 4.97. The van der Waals surface area contributed by atoms with Crippen molar-refractivity contribution in [3.05, 3.63) is 46.5 Å². The first-order chi connectivity index (χ1) is 13.5. The number of anilines is 1. The van der Waals surface area contributed by atoms with E-state index in [1.54, 1.807) is 50.3 Å². The van der Waals surface area contributed by atoms with Crippen LogP contribution in [0.15, 0.2) is 39.5 Å². The first-order valence-electron chi connectivity index (χ1n) is 9.04. The number of amides is 2. The Morgan fingerprint density at radius 3 is 2.25 bits per heavy atom. The van der Waals surface area contributed by atoms with E-state index in [2.05, 4.69) is 5.32 Å². The zero-order chi connectivity index (χ0) is 20.1. The predicted molar refractivity (Wildman–Crippen MR) is 104 cm³/mol. The normalized spacial score (nSPS) is 14.5. The SMILES string of the molecule is COc1cc(NC(=O)N2CCC(Oc3cc(C)oc(=O)c3)CC2)cc(OC)c1. The summed E-state index contributed by atoms with van der Waals surface area (Å²) in [6, 6.07) is 8.05. The lowest BCUT2D eigenvalue weighted by Crippen LogP contribution is -2.43. The van der Waals surface area contributed by atoms with E-state index in [1.807, 2.05) is 0 Å². The van der Waals surface area contributed by atoms with E-state index in [9.17, 15) is 9.59 Å². The Morgan fingerprint density at radius 2 is 1.68 bits per heavy atom. The van der Waals surface area contributed by atoms with Crippen molar-refractivity contribution in [2.24, 2.45) is 0 Å². The Labute approximate surface area is 163 Å². The van der Waals surface area contributed by atoms with Crippen LogP contribution in [0.25, 0.3) is 0 Å². The molecule has 2 aromatic rings. The molecule has 0 aliphatic carbocycles. The first kappa shape index (κ1) is 19.6. The lowest BCUT2D eigenvalue weighted by atomic mass is 10.1. The fourth-order valence-corrected chi connectivity index (χ4v) is 3.10. The topological polar surface area (TPSA) is 90.2 Å². The van der Waals surface area contributed by atoms with E-state index >= 15 is 0 Å². The van der Waals surface area contributed by atoms with Crippen molar-refractivity contribution < 1.29 is 23.4 Å². The van der Waals surface area contributed by atoms with E-state index < -0.39 is 5.63 Å². The minimum Gasteiger partial charge on any atom is -0.497 e. The molecule has 1 aromatic heterocycles. The molecule has 1 aliphatic heterocycles. The number of benzene rings is 1. The average molecular weight is 388 g/mol. The summed E-state index contributed by atoms with van der Waals surface area (Å²) in [6.45, 7) is 2.81. The molecule has 8 nitrogen and oxygen atoms in total. The van der Waals surface area contributed by atoms with Crippen molar-refractivity contribution in [3.63, 3.8) is 0 Å². The summed E-state index contributed by atoms with van der Waals surface area (Å²) in [5, 5.41) is 2.87. The number of piperidine rings is 1. The van der Waals surface area contributed by atoms with Gasteiger partial charge in [0, 0.05) is 55.9 Å². The Morgan fingerprint density at radius 1 is 1.04 bits per heavy atom. The van der Waals surface area contributed by atoms with Crippen LogP contribution < -0.4 is 25.2 Å². The molecule has 0 atom stereocenters. The molecule has 1 fully saturated rings. The van der Waals surface area contributed by atoms with Gasteiger partial charge in [0.15, 0.2) is 0 Å². The Balaban J connectivity index is 1.56. The van der Waals surface area contributed by atoms with Crippen LogP contribution in [0, 0.1) is 6.92 Å². The second-order valence-electron chi connectivity index (χ2n) is 6.56. The van der Waals surface area contributed by atoms with Crippen LogP contribution in [-0.2, 0) is 0 Å². The van der Waals surface area contributed by atoms with E-state index in [0.29, 0.717) is 54.6 Å². The monoisotopic (exact) mass is 388 g/mol. The zero-order valence-corrected chi connectivity index (χ0v) is 16.2. The summed E-state index contributed by atoms with van der Waals surface area (Å²) < 4.78 is 21.2. The van der Waals surface area contributed by atoms with Gasteiger partial charge in [-0.2, -0.15) is 0 Å². The fourth-order valence-electron chi connectivity index (χ4n) is 3.10. The molecular weight excluding hydrogens is 364 g/mol. The van der Waals surface area contributed by atoms with E-state index in [1.165, 1.54) is 6.07 Å². The molecule has 0 unspecified atom stereocenters. The minimum atomic E-state index is -0.430. The van der Waals surface area contributed by atoms with Crippen molar-refractivity contribution in [2.75, 3.05) is 32.6 Å². The molecule has 1 N–H and O–H groups in total. The summed E-state index contributed by atoms with van der Waals surface area (Å²) in [4.78, 5) is 25.7. The van der Waals surface area contributed by atoms with Crippen LogP contribution in [0.1, 0.15) is 18.6 Å². The molecule has 150 valence electrons. The van der Waals surface area contributed by atoms with Crippen LogP contribution in [0.4, 0.5) is 10.5 Å². The summed E-state index contributed by atoms with van der Waals surface area (Å²) in [6.07, 6.45) is 1.30. The number of nitrogens with one attached hydrogen (secondary N) is 1. The molecule has 2 heterocycles. The van der Waals surface area contributed by atoms with Crippen molar-refractivity contribution in [1.82, 2.24) is 4.90 Å². The molecule has 1 aromatic carbocycles. The smallest absolute Gasteiger partial charge is 0.339 e. The van der Waals surface area contributed by atoms with E-state index in [0.717, 1.165) is 0 Å². The lowest BCUT2D eigenvalue weighted by Gasteiger charge is -2.32. The number of hydrogen-bond donors (Lipinski definition) is 1. The van der Waals surface area contributed by atoms with Gasteiger partial charge < -0.3 is 28.8 Å². The number of methoxy groups -OCH3 is 2. The third-order valence-electron chi connectivity index (χ3n) is 4.50. The number of rotatable bonds is 5. The van der Waals surface area contributed by atoms with Crippen LogP contribution >= 0.6 is 0 Å². The molecule has 28 heavy (non-hydrogen) atoms. The zero-order valence-electron chi connectivity index (χ0n) is 16.2. The fraction of sp³-hybridized carbons (Fsp3) is 0.400. The predicted octanol–water partition coefficient (Wildman–Crippen LogP) is 3.04. The van der Waals surface area contributed by atoms with Gasteiger partial charge in [-0.25, -0.2) is 9.59 Å². The Kier molecular flexibility index (Phi) is 6.08. The van der Waals surface area contributed by atoms with E-state index in [-0.39, 0.29) is 12.1 Å². The third-order valence-corrected chi connectivity index (χ3v) is 4.50. The molecule has 8 heteroatoms. The van der Waals surface area contributed by atoms with Crippen LogP contribution in [0.5, 0.6) is 17.2 Å². The number of hydrogen-bond acceptors (Lipinski definition) is 6. The van der Waals surface area contributed by atoms with Gasteiger partial charge in [-0.15, -0.1) is 0 Å². The average Bonchev–Trinajstić information content (AvgIpc) is 2.67. The maximum absolute atomic E-state index is 12.6. The summed E-state index contributed by atoms with van der Waals surface area (Å²) in [5.74, 6) is 2.21. The highest BCUT2D eigenvalue weighted by Gasteiger charge is 2.24. The maximum Gasteiger partial charge on any atom is 0.339 e. The number of carbonyl (C=O) groups excluding carboxylic acids is 1. The number of nitrogens with zero attached hydrogens (tertiary/aromatic N) is 1. The van der Waals surface area contributed by atoms with Gasteiger partial charge in [0.05, 0.1) is 20.3 Å². The van der Waals surface area contributed by atoms with Gasteiger partial charge in [-0.3, -0.25) is 0 Å². The molecule has 0 saturated carbocycles. The van der Waals surface area contributed by atoms with E-state index in [4.69, 9.17) is 18.6 Å². The van der Waals surface area contributed by atoms with Crippen molar-refractivity contribution in [1.29, 1.82) is 0 Å². The second kappa shape index (κ2) is 8.69. The Hall–Kier alpha value is -3.16. The molecule has 1 aliphatic rings. The molecule has 0 bridgehead atoms. The van der Waals surface area contributed by atoms with Gasteiger partial charge in [0.1, 0.15) is 29.1 Å². The molecular formula is C20H24N2O6. The number of urea groups is 1. The summed E-state index contributed by atoms with van der Waals surface area (Å²) in [5.41, 5.74) is 0.173. The Bertz CT molecular complexity index is 864. The van der Waals surface area contributed by atoms with Crippen molar-refractivity contribution in [3.8, 4) is 17.2 Å². The van der Waals surface area contributed by atoms with Crippen LogP contribution in [0.3, 0.4) is 0 Å². The lowest BCUT2D eigenvalue weighted by molar-refractivity contribution is 0.115. The van der Waals surface area contributed by atoms with Gasteiger partial charge >= 0.3 is 11.7 Å². The van der Waals surface area contributed by atoms with Crippen molar-refractivity contribution in [2.45, 2.75) is 25.9 Å². The van der Waals surface area contributed by atoms with Crippen LogP contribution in [-0.4, -0.2) is 44.3 Å². The van der Waals surface area contributed by atoms with Gasteiger partial charge in [0.2, 0.25) is 0 Å². The van der Waals surface area contributed by atoms with Crippen molar-refractivity contribution >= 4 is 11.7 Å². The summed E-state index contributed by atoms with van der Waals surface area (Å²) >= 11 is 0. The van der Waals surface area contributed by atoms with Gasteiger partial charge in [-0.1, -0.05) is 0 Å². The number of ether oxygens (including phenoxy) is 3. The van der Waals surface area contributed by atoms with Gasteiger partial charge in [-0.05, 0) is 6.92 Å². The highest BCUT2D eigenvalue weighted by atomic mass is 16.5. The quantitative estimate of drug-likeness (QED) is 0.847. The standard InChI is InChI=1S/C20H24N2O6/c1-13-8-18(12-19(23)27-13)28-15-4-6-22(7-5-15)20(24)21-14-9-16(25-2)11-17(10-14)26-3/h8-12,15H,4-7H2,1-3H3,(H,21,24). The highest BCUT2D eigenvalue weighted by Crippen LogP contribution is 2.26. The van der Waals surface area contributed by atoms with Gasteiger partial charge in [0.25, 0.3) is 0 Å².